The number of carbonyl (C=O) groups excluding carboxylic acids is 4. The number of phenolic OH excluding ortho intramolecular Hbond substituents is 1. The summed E-state index contributed by atoms with van der Waals surface area (Å²) in [5, 5.41) is 51.0. The Kier molecular flexibility index (Phi) is 8.31. The summed E-state index contributed by atoms with van der Waals surface area (Å²) in [6, 6.07) is -1.15. The Morgan fingerprint density at radius 2 is 1.82 bits per heavy atom. The number of nitrogens with zero attached hydrogens (tertiary/aromatic N) is 2. The van der Waals surface area contributed by atoms with E-state index in [1.54, 1.807) is 7.05 Å². The topological polar surface area (TPSA) is 206 Å². The minimum Gasteiger partial charge on any atom is -0.510 e. The van der Waals surface area contributed by atoms with Crippen LogP contribution in [0.15, 0.2) is 22.7 Å². The number of likely N-dealkylation sites (N-methyl/N-ethyl adjacent to an activating group) is 2. The molecule has 1 saturated heterocycles. The van der Waals surface area contributed by atoms with E-state index in [1.165, 1.54) is 19.0 Å². The number of carbonyl (C=O) groups is 4. The van der Waals surface area contributed by atoms with Crippen molar-refractivity contribution in [2.75, 3.05) is 52.6 Å². The Bertz CT molecular complexity index is 1510. The van der Waals surface area contributed by atoms with E-state index in [-0.39, 0.29) is 42.6 Å². The molecule has 14 heteroatoms. The van der Waals surface area contributed by atoms with Gasteiger partial charge in [-0.15, -0.1) is 0 Å². The second-order valence-electron chi connectivity index (χ2n) is 12.2. The molecule has 238 valence electrons. The van der Waals surface area contributed by atoms with Crippen molar-refractivity contribution in [3.63, 3.8) is 0 Å². The van der Waals surface area contributed by atoms with E-state index in [0.29, 0.717) is 6.54 Å². The van der Waals surface area contributed by atoms with Gasteiger partial charge < -0.3 is 36.8 Å². The molecule has 1 fully saturated rings. The lowest BCUT2D eigenvalue weighted by Gasteiger charge is -2.50. The highest BCUT2D eigenvalue weighted by Crippen LogP contribution is 2.53. The number of ketones is 2. The summed E-state index contributed by atoms with van der Waals surface area (Å²) in [4.78, 5) is 56.0. The van der Waals surface area contributed by atoms with Crippen LogP contribution in [0, 0.1) is 17.7 Å². The van der Waals surface area contributed by atoms with Crippen molar-refractivity contribution in [1.82, 2.24) is 15.1 Å². The number of allylic oxidation sites excluding steroid dienone is 1. The zero-order chi connectivity index (χ0) is 32.2. The van der Waals surface area contributed by atoms with Crippen molar-refractivity contribution in [2.24, 2.45) is 17.6 Å². The number of phenols is 1. The first kappa shape index (κ1) is 31.6. The molecule has 5 rings (SSSR count). The van der Waals surface area contributed by atoms with Crippen molar-refractivity contribution in [2.45, 2.75) is 43.7 Å². The number of hydrogen-bond acceptors (Lipinski definition) is 11. The van der Waals surface area contributed by atoms with Crippen LogP contribution in [0.25, 0.3) is 0 Å². The number of hydrogen-bond donors (Lipinski definition) is 7. The van der Waals surface area contributed by atoms with Gasteiger partial charge in [-0.25, -0.2) is 4.39 Å². The first-order chi connectivity index (χ1) is 20.7. The number of nitrogens with one attached hydrogen (secondary N) is 2. The molecule has 1 aromatic carbocycles. The Hall–Kier alpha value is -3.85. The fraction of sp³-hybridized carbons (Fsp3) is 0.533. The lowest BCUT2D eigenvalue weighted by atomic mass is 9.58. The number of Topliss-reactive ketones (excluding diaryl/α,β-unsaturated/α-hetero) is 2. The van der Waals surface area contributed by atoms with E-state index >= 15 is 4.39 Å². The average Bonchev–Trinajstić information content (AvgIpc) is 3.45. The van der Waals surface area contributed by atoms with Crippen LogP contribution < -0.4 is 16.4 Å². The van der Waals surface area contributed by atoms with Gasteiger partial charge in [-0.2, -0.15) is 0 Å². The van der Waals surface area contributed by atoms with Gasteiger partial charge in [-0.1, -0.05) is 0 Å². The number of aliphatic hydroxyl groups excluding tert-OH is 2. The zero-order valence-electron chi connectivity index (χ0n) is 24.9. The summed E-state index contributed by atoms with van der Waals surface area (Å²) in [5.41, 5.74) is 0.373. The molecule has 4 aliphatic rings. The van der Waals surface area contributed by atoms with E-state index in [1.807, 2.05) is 4.90 Å². The van der Waals surface area contributed by atoms with Gasteiger partial charge >= 0.3 is 0 Å². The average molecular weight is 616 g/mol. The summed E-state index contributed by atoms with van der Waals surface area (Å²) < 4.78 is 16.3. The first-order valence-corrected chi connectivity index (χ1v) is 14.6. The molecule has 1 heterocycles. The van der Waals surface area contributed by atoms with Gasteiger partial charge in [0.1, 0.15) is 22.9 Å². The lowest BCUT2D eigenvalue weighted by molar-refractivity contribution is -0.148. The predicted molar refractivity (Wildman–Crippen MR) is 156 cm³/mol. The van der Waals surface area contributed by atoms with Crippen molar-refractivity contribution < 1.29 is 44.0 Å². The number of fused-ring (bicyclic) bond motifs is 3. The number of aliphatic hydroxyl groups is 3. The number of likely N-dealkylation sites (tertiary alicyclic amines) is 1. The van der Waals surface area contributed by atoms with E-state index in [0.717, 1.165) is 25.9 Å². The smallest absolute Gasteiger partial charge is 0.255 e. The Morgan fingerprint density at radius 3 is 2.41 bits per heavy atom. The number of aromatic hydroxyl groups is 1. The van der Waals surface area contributed by atoms with Crippen LogP contribution >= 0.6 is 0 Å². The number of nitrogens with two attached hydrogens (primary N) is 1. The molecule has 44 heavy (non-hydrogen) atoms. The number of primary amides is 1. The maximum Gasteiger partial charge on any atom is 0.255 e. The summed E-state index contributed by atoms with van der Waals surface area (Å²) in [5.74, 6) is -9.56. The quantitative estimate of drug-likeness (QED) is 0.154. The van der Waals surface area contributed by atoms with E-state index in [4.69, 9.17) is 5.73 Å². The number of benzene rings is 1. The summed E-state index contributed by atoms with van der Waals surface area (Å²) >= 11 is 0. The van der Waals surface area contributed by atoms with Gasteiger partial charge in [0.15, 0.2) is 17.1 Å². The molecule has 3 aliphatic carbocycles. The molecule has 0 unspecified atom stereocenters. The summed E-state index contributed by atoms with van der Waals surface area (Å²) in [6.45, 7) is 1.75. The van der Waals surface area contributed by atoms with Crippen LogP contribution in [0.3, 0.4) is 0 Å². The van der Waals surface area contributed by atoms with E-state index in [2.05, 4.69) is 10.6 Å². The van der Waals surface area contributed by atoms with Gasteiger partial charge in [0.05, 0.1) is 23.8 Å². The van der Waals surface area contributed by atoms with Crippen molar-refractivity contribution in [1.29, 1.82) is 0 Å². The highest BCUT2D eigenvalue weighted by Gasteiger charge is 2.63. The minimum atomic E-state index is -2.81. The maximum atomic E-state index is 16.3. The third-order valence-electron chi connectivity index (χ3n) is 9.38. The minimum absolute atomic E-state index is 0.00725. The zero-order valence-corrected chi connectivity index (χ0v) is 24.9. The third kappa shape index (κ3) is 4.76. The second kappa shape index (κ2) is 11.6. The normalized spacial score (nSPS) is 27.0. The molecule has 2 amide bonds. The fourth-order valence-electron chi connectivity index (χ4n) is 7.34. The molecular formula is C30H38FN5O8. The van der Waals surface area contributed by atoms with Crippen LogP contribution in [-0.2, 0) is 27.2 Å². The van der Waals surface area contributed by atoms with E-state index < -0.39 is 86.7 Å². The third-order valence-corrected chi connectivity index (χ3v) is 9.38. The van der Waals surface area contributed by atoms with Gasteiger partial charge in [0.25, 0.3) is 5.91 Å². The lowest BCUT2D eigenvalue weighted by Crippen LogP contribution is -2.63. The van der Waals surface area contributed by atoms with E-state index in [9.17, 15) is 39.6 Å². The molecule has 8 N–H and O–H groups in total. The molecule has 0 saturated carbocycles. The molecular weight excluding hydrogens is 577 g/mol. The van der Waals surface area contributed by atoms with Crippen LogP contribution in [0.4, 0.5) is 10.1 Å². The molecule has 4 atom stereocenters. The number of amides is 2. The molecule has 1 aliphatic heterocycles. The Balaban J connectivity index is 1.64. The number of anilines is 1. The first-order valence-electron chi connectivity index (χ1n) is 14.6. The van der Waals surface area contributed by atoms with Crippen molar-refractivity contribution >= 4 is 29.1 Å². The fourth-order valence-corrected chi connectivity index (χ4v) is 7.34. The molecule has 0 spiro atoms. The van der Waals surface area contributed by atoms with Gasteiger partial charge in [0.2, 0.25) is 11.7 Å². The van der Waals surface area contributed by atoms with Gasteiger partial charge in [-0.05, 0) is 78.8 Å². The number of rotatable bonds is 8. The number of halogens is 1. The van der Waals surface area contributed by atoms with Crippen LogP contribution in [0.2, 0.25) is 0 Å². The van der Waals surface area contributed by atoms with Crippen molar-refractivity contribution in [3.8, 4) is 5.75 Å². The largest absolute Gasteiger partial charge is 0.510 e. The molecule has 0 aromatic heterocycles. The molecule has 0 radical (unpaired) electrons. The van der Waals surface area contributed by atoms with Crippen LogP contribution in [0.5, 0.6) is 5.75 Å². The highest BCUT2D eigenvalue weighted by molar-refractivity contribution is 6.25. The SMILES string of the molecule is CNCCc1c(F)c2c(c(O)c1NC(=O)CN1CCCC1)C(=O)C1=C(O)[C@]3(O)C(=O)C(C(N)=O)=C(O)[C@@H](N(C)C)[C@@H]3C[C@@H]1C2. The van der Waals surface area contributed by atoms with Gasteiger partial charge in [-0.3, -0.25) is 29.0 Å². The van der Waals surface area contributed by atoms with Crippen molar-refractivity contribution in [3.05, 3.63) is 45.2 Å². The molecule has 13 nitrogen and oxygen atoms in total. The monoisotopic (exact) mass is 615 g/mol. The molecule has 1 aromatic rings. The van der Waals surface area contributed by atoms with Gasteiger partial charge in [0, 0.05) is 22.6 Å². The molecule has 0 bridgehead atoms. The highest BCUT2D eigenvalue weighted by atomic mass is 19.1. The standard InChI is InChI=1S/C30H38FN5O8/c1-33-7-6-14-21(31)15-10-13-11-16-23(35(2)3)26(40)20(29(32)43)28(42)30(16,44)27(41)18(13)24(38)19(15)25(39)22(14)34-17(37)12-36-8-4-5-9-36/h13,16,23,33,39-41,44H,4-12H2,1-3H3,(H2,32,43)(H,34,37)/t13-,16-,23-,30-/m0/s1. The maximum absolute atomic E-state index is 16.3. The van der Waals surface area contributed by atoms with Crippen LogP contribution in [-0.4, -0.2) is 113 Å². The summed E-state index contributed by atoms with van der Waals surface area (Å²) in [6.07, 6.45) is 1.60. The Morgan fingerprint density at radius 1 is 1.16 bits per heavy atom. The summed E-state index contributed by atoms with van der Waals surface area (Å²) in [7, 11) is 4.71. The second-order valence-corrected chi connectivity index (χ2v) is 12.2. The van der Waals surface area contributed by atoms with Crippen LogP contribution in [0.1, 0.15) is 40.7 Å². The predicted octanol–water partition coefficient (Wildman–Crippen LogP) is 0.0559. The Labute approximate surface area is 253 Å².